The Labute approximate surface area is 195 Å². The molecule has 3 aromatic carbocycles. The van der Waals surface area contributed by atoms with Crippen molar-refractivity contribution in [1.82, 2.24) is 0 Å². The van der Waals surface area contributed by atoms with Crippen LogP contribution in [0.4, 0.5) is 5.69 Å². The van der Waals surface area contributed by atoms with Crippen molar-refractivity contribution in [3.05, 3.63) is 88.4 Å². The molecule has 0 heterocycles. The van der Waals surface area contributed by atoms with Gasteiger partial charge in [0.05, 0.1) is 11.4 Å². The van der Waals surface area contributed by atoms with Crippen LogP contribution in [-0.4, -0.2) is 24.3 Å². The van der Waals surface area contributed by atoms with E-state index in [4.69, 9.17) is 32.7 Å². The summed E-state index contributed by atoms with van der Waals surface area (Å²) in [7, 11) is 0. The van der Waals surface area contributed by atoms with Crippen LogP contribution in [0.5, 0.6) is 11.5 Å². The van der Waals surface area contributed by atoms with Gasteiger partial charge in [-0.15, -0.1) is 0 Å². The molecule has 3 aromatic rings. The van der Waals surface area contributed by atoms with E-state index in [0.717, 1.165) is 0 Å². The largest absolute Gasteiger partial charge is 0.457 e. The van der Waals surface area contributed by atoms with Gasteiger partial charge in [0.15, 0.2) is 12.4 Å². The first-order valence-electron chi connectivity index (χ1n) is 9.67. The maximum atomic E-state index is 12.1. The molecule has 0 unspecified atom stereocenters. The molecule has 0 bridgehead atoms. The van der Waals surface area contributed by atoms with Crippen molar-refractivity contribution in [2.75, 3.05) is 11.9 Å². The van der Waals surface area contributed by atoms with Gasteiger partial charge in [0.1, 0.15) is 11.5 Å². The molecule has 1 N–H and O–H groups in total. The second-order valence-electron chi connectivity index (χ2n) is 6.70. The predicted molar refractivity (Wildman–Crippen MR) is 123 cm³/mol. The van der Waals surface area contributed by atoms with Gasteiger partial charge in [0, 0.05) is 22.7 Å². The lowest BCUT2D eigenvalue weighted by atomic mass is 10.1. The van der Waals surface area contributed by atoms with Gasteiger partial charge in [0.2, 0.25) is 5.91 Å². The fourth-order valence-corrected chi connectivity index (χ4v) is 3.00. The van der Waals surface area contributed by atoms with E-state index in [2.05, 4.69) is 5.32 Å². The Morgan fingerprint density at radius 2 is 1.56 bits per heavy atom. The number of esters is 1. The first-order chi connectivity index (χ1) is 15.4. The summed E-state index contributed by atoms with van der Waals surface area (Å²) < 4.78 is 10.6. The molecular formula is C24H19Cl2NO5. The fraction of sp³-hybridized carbons (Fsp3) is 0.125. The van der Waals surface area contributed by atoms with Gasteiger partial charge in [-0.25, -0.2) is 0 Å². The summed E-state index contributed by atoms with van der Waals surface area (Å²) in [5.41, 5.74) is 0.912. The third kappa shape index (κ3) is 7.11. The molecule has 32 heavy (non-hydrogen) atoms. The number of hydrogen-bond acceptors (Lipinski definition) is 5. The topological polar surface area (TPSA) is 81.7 Å². The quantitative estimate of drug-likeness (QED) is 0.308. The summed E-state index contributed by atoms with van der Waals surface area (Å²) in [6.07, 6.45) is -0.252. The number of amides is 1. The minimum absolute atomic E-state index is 0.0982. The van der Waals surface area contributed by atoms with Crippen LogP contribution in [0, 0.1) is 0 Å². The molecule has 0 aliphatic rings. The summed E-state index contributed by atoms with van der Waals surface area (Å²) >= 11 is 12.1. The molecule has 0 saturated carbocycles. The van der Waals surface area contributed by atoms with Gasteiger partial charge >= 0.3 is 5.97 Å². The Hall–Kier alpha value is -3.35. The fourth-order valence-electron chi connectivity index (χ4n) is 2.66. The highest BCUT2D eigenvalue weighted by atomic mass is 35.5. The van der Waals surface area contributed by atoms with E-state index in [1.54, 1.807) is 72.8 Å². The Bertz CT molecular complexity index is 1100. The zero-order valence-electron chi connectivity index (χ0n) is 16.8. The number of ether oxygens (including phenoxy) is 2. The second kappa shape index (κ2) is 11.3. The zero-order valence-corrected chi connectivity index (χ0v) is 18.4. The maximum absolute atomic E-state index is 12.1. The predicted octanol–water partition coefficient (Wildman–Crippen LogP) is 5.93. The van der Waals surface area contributed by atoms with Crippen molar-refractivity contribution >= 4 is 46.5 Å². The molecule has 0 spiro atoms. The molecule has 6 nitrogen and oxygen atoms in total. The smallest absolute Gasteiger partial charge is 0.306 e. The average Bonchev–Trinajstić information content (AvgIpc) is 2.80. The van der Waals surface area contributed by atoms with Crippen LogP contribution in [0.25, 0.3) is 0 Å². The highest BCUT2D eigenvalue weighted by molar-refractivity contribution is 6.32. The number of ketones is 1. The maximum Gasteiger partial charge on any atom is 0.306 e. The Balaban J connectivity index is 1.44. The van der Waals surface area contributed by atoms with E-state index >= 15 is 0 Å². The molecule has 0 aromatic heterocycles. The molecule has 1 amide bonds. The molecule has 3 rings (SSSR count). The Morgan fingerprint density at radius 3 is 2.25 bits per heavy atom. The van der Waals surface area contributed by atoms with E-state index in [0.29, 0.717) is 32.8 Å². The number of hydrogen-bond donors (Lipinski definition) is 1. The highest BCUT2D eigenvalue weighted by Gasteiger charge is 2.13. The van der Waals surface area contributed by atoms with Crippen molar-refractivity contribution in [2.45, 2.75) is 12.8 Å². The minimum Gasteiger partial charge on any atom is -0.457 e. The van der Waals surface area contributed by atoms with Crippen LogP contribution in [0.1, 0.15) is 23.2 Å². The number of nitrogens with one attached hydrogen (secondary N) is 1. The molecule has 0 radical (unpaired) electrons. The number of anilines is 1. The van der Waals surface area contributed by atoms with Gasteiger partial charge in [-0.2, -0.15) is 0 Å². The summed E-state index contributed by atoms with van der Waals surface area (Å²) in [4.78, 5) is 35.9. The number of benzene rings is 3. The summed E-state index contributed by atoms with van der Waals surface area (Å²) in [5, 5.41) is 3.55. The molecule has 164 valence electrons. The normalized spacial score (nSPS) is 10.3. The first kappa shape index (κ1) is 23.3. The van der Waals surface area contributed by atoms with Gasteiger partial charge in [-0.05, 0) is 42.5 Å². The Morgan fingerprint density at radius 1 is 0.844 bits per heavy atom. The van der Waals surface area contributed by atoms with Crippen LogP contribution < -0.4 is 10.1 Å². The zero-order chi connectivity index (χ0) is 22.9. The van der Waals surface area contributed by atoms with Crippen molar-refractivity contribution < 1.29 is 23.9 Å². The van der Waals surface area contributed by atoms with Gasteiger partial charge in [0.25, 0.3) is 0 Å². The standard InChI is InChI=1S/C24H19Cl2NO5/c25-17-6-9-19(10-7-17)32-22-11-8-18(14-20(22)26)27-23(29)12-13-24(30)31-15-21(28)16-4-2-1-3-5-16/h1-11,14H,12-13,15H2,(H,27,29). The van der Waals surface area contributed by atoms with E-state index in [-0.39, 0.29) is 25.2 Å². The SMILES string of the molecule is O=C(CCC(=O)OCC(=O)c1ccccc1)Nc1ccc(Oc2ccc(Cl)cc2)c(Cl)c1. The lowest BCUT2D eigenvalue weighted by molar-refractivity contribution is -0.143. The van der Waals surface area contributed by atoms with E-state index < -0.39 is 11.9 Å². The van der Waals surface area contributed by atoms with Gasteiger partial charge < -0.3 is 14.8 Å². The van der Waals surface area contributed by atoms with Crippen molar-refractivity contribution in [2.24, 2.45) is 0 Å². The number of halogens is 2. The van der Waals surface area contributed by atoms with E-state index in [9.17, 15) is 14.4 Å². The third-order valence-corrected chi connectivity index (χ3v) is 4.82. The lowest BCUT2D eigenvalue weighted by Crippen LogP contribution is -2.17. The monoisotopic (exact) mass is 471 g/mol. The molecule has 0 saturated heterocycles. The summed E-state index contributed by atoms with van der Waals surface area (Å²) in [6, 6.07) is 20.1. The molecule has 0 aliphatic carbocycles. The lowest BCUT2D eigenvalue weighted by Gasteiger charge is -2.10. The molecule has 0 aliphatic heterocycles. The van der Waals surface area contributed by atoms with E-state index in [1.165, 1.54) is 0 Å². The van der Waals surface area contributed by atoms with Gasteiger partial charge in [-0.3, -0.25) is 14.4 Å². The number of Topliss-reactive ketones (excluding diaryl/α,β-unsaturated/α-hetero) is 1. The number of rotatable bonds is 9. The molecule has 0 atom stereocenters. The van der Waals surface area contributed by atoms with E-state index in [1.807, 2.05) is 0 Å². The van der Waals surface area contributed by atoms with Crippen molar-refractivity contribution in [3.8, 4) is 11.5 Å². The second-order valence-corrected chi connectivity index (χ2v) is 7.54. The summed E-state index contributed by atoms with van der Waals surface area (Å²) in [5.74, 6) is -0.345. The molecule has 8 heteroatoms. The third-order valence-electron chi connectivity index (χ3n) is 4.27. The highest BCUT2D eigenvalue weighted by Crippen LogP contribution is 2.32. The van der Waals surface area contributed by atoms with Crippen LogP contribution in [0.2, 0.25) is 10.0 Å². The van der Waals surface area contributed by atoms with Crippen LogP contribution >= 0.6 is 23.2 Å². The summed E-state index contributed by atoms with van der Waals surface area (Å²) in [6.45, 7) is -0.366. The number of carbonyl (C=O) groups excluding carboxylic acids is 3. The van der Waals surface area contributed by atoms with Gasteiger partial charge in [-0.1, -0.05) is 53.5 Å². The number of carbonyl (C=O) groups is 3. The van der Waals surface area contributed by atoms with Crippen molar-refractivity contribution in [3.63, 3.8) is 0 Å². The van der Waals surface area contributed by atoms with Crippen molar-refractivity contribution in [1.29, 1.82) is 0 Å². The first-order valence-corrected chi connectivity index (χ1v) is 10.4. The van der Waals surface area contributed by atoms with Crippen LogP contribution in [-0.2, 0) is 14.3 Å². The molecular weight excluding hydrogens is 453 g/mol. The molecule has 0 fully saturated rings. The van der Waals surface area contributed by atoms with Crippen LogP contribution in [0.15, 0.2) is 72.8 Å². The average molecular weight is 472 g/mol. The van der Waals surface area contributed by atoms with Crippen LogP contribution in [0.3, 0.4) is 0 Å². The Kier molecular flexibility index (Phi) is 8.25. The minimum atomic E-state index is -0.630.